The number of piperidine rings is 1. The van der Waals surface area contributed by atoms with Gasteiger partial charge >= 0.3 is 0 Å². The van der Waals surface area contributed by atoms with Gasteiger partial charge in [-0.3, -0.25) is 9.78 Å². The number of ether oxygens (including phenoxy) is 1. The SMILES string of the molecule is O=C(c1cnccn1)N1CCC2(CC1)CN(CC1CCOC1)c1ccccc12. The van der Waals surface area contributed by atoms with Crippen molar-refractivity contribution < 1.29 is 9.53 Å². The Morgan fingerprint density at radius 2 is 2.07 bits per heavy atom. The molecule has 6 nitrogen and oxygen atoms in total. The monoisotopic (exact) mass is 378 g/mol. The molecule has 0 radical (unpaired) electrons. The third-order valence-corrected chi connectivity index (χ3v) is 6.60. The minimum absolute atomic E-state index is 0.00538. The molecule has 5 rings (SSSR count). The molecule has 2 aromatic rings. The maximum atomic E-state index is 12.7. The first kappa shape index (κ1) is 17.6. The van der Waals surface area contributed by atoms with Crippen molar-refractivity contribution >= 4 is 11.6 Å². The van der Waals surface area contributed by atoms with Crippen LogP contribution in [-0.4, -0.2) is 60.2 Å². The fraction of sp³-hybridized carbons (Fsp3) is 0.500. The Labute approximate surface area is 165 Å². The van der Waals surface area contributed by atoms with Crippen molar-refractivity contribution in [2.24, 2.45) is 5.92 Å². The predicted molar refractivity (Wildman–Crippen MR) is 106 cm³/mol. The van der Waals surface area contributed by atoms with Gasteiger partial charge in [0.15, 0.2) is 0 Å². The number of anilines is 1. The third-order valence-electron chi connectivity index (χ3n) is 6.60. The van der Waals surface area contributed by atoms with Gasteiger partial charge in [0.05, 0.1) is 12.8 Å². The lowest BCUT2D eigenvalue weighted by molar-refractivity contribution is 0.0667. The number of para-hydroxylation sites is 1. The van der Waals surface area contributed by atoms with Crippen LogP contribution in [0.4, 0.5) is 5.69 Å². The van der Waals surface area contributed by atoms with E-state index >= 15 is 0 Å². The number of likely N-dealkylation sites (tertiary alicyclic amines) is 1. The number of aromatic nitrogens is 2. The summed E-state index contributed by atoms with van der Waals surface area (Å²) in [6, 6.07) is 8.85. The van der Waals surface area contributed by atoms with Crippen LogP contribution in [-0.2, 0) is 10.2 Å². The van der Waals surface area contributed by atoms with Crippen LogP contribution in [0.1, 0.15) is 35.3 Å². The second-order valence-electron chi connectivity index (χ2n) is 8.29. The molecular weight excluding hydrogens is 352 g/mol. The van der Waals surface area contributed by atoms with Crippen molar-refractivity contribution in [2.45, 2.75) is 24.7 Å². The van der Waals surface area contributed by atoms with Crippen LogP contribution in [0.15, 0.2) is 42.9 Å². The van der Waals surface area contributed by atoms with E-state index in [0.29, 0.717) is 11.6 Å². The molecule has 6 heteroatoms. The van der Waals surface area contributed by atoms with E-state index in [9.17, 15) is 4.79 Å². The highest BCUT2D eigenvalue weighted by molar-refractivity contribution is 5.92. The lowest BCUT2D eigenvalue weighted by atomic mass is 9.74. The Hall–Kier alpha value is -2.47. The molecule has 1 amide bonds. The lowest BCUT2D eigenvalue weighted by Crippen LogP contribution is -2.47. The van der Waals surface area contributed by atoms with Crippen molar-refractivity contribution in [3.8, 4) is 0 Å². The van der Waals surface area contributed by atoms with Gasteiger partial charge < -0.3 is 14.5 Å². The van der Waals surface area contributed by atoms with Gasteiger partial charge in [-0.05, 0) is 30.9 Å². The molecule has 28 heavy (non-hydrogen) atoms. The van der Waals surface area contributed by atoms with Crippen molar-refractivity contribution in [3.63, 3.8) is 0 Å². The summed E-state index contributed by atoms with van der Waals surface area (Å²) < 4.78 is 5.59. The molecule has 1 unspecified atom stereocenters. The maximum Gasteiger partial charge on any atom is 0.274 e. The number of hydrogen-bond donors (Lipinski definition) is 0. The van der Waals surface area contributed by atoms with Gasteiger partial charge in [0.1, 0.15) is 5.69 Å². The normalized spacial score (nSPS) is 23.2. The number of benzene rings is 1. The molecule has 1 aromatic carbocycles. The summed E-state index contributed by atoms with van der Waals surface area (Å²) >= 11 is 0. The summed E-state index contributed by atoms with van der Waals surface area (Å²) in [6.07, 6.45) is 7.88. The molecule has 1 aromatic heterocycles. The van der Waals surface area contributed by atoms with E-state index < -0.39 is 0 Å². The molecule has 0 aliphatic carbocycles. The third kappa shape index (κ3) is 3.05. The second-order valence-corrected chi connectivity index (χ2v) is 8.29. The minimum atomic E-state index is -0.00538. The number of rotatable bonds is 3. The van der Waals surface area contributed by atoms with Gasteiger partial charge in [0, 0.05) is 62.2 Å². The van der Waals surface area contributed by atoms with E-state index in [4.69, 9.17) is 4.74 Å². The Kier molecular flexibility index (Phi) is 4.51. The summed E-state index contributed by atoms with van der Waals surface area (Å²) in [5.74, 6) is 0.621. The summed E-state index contributed by atoms with van der Waals surface area (Å²) in [4.78, 5) is 25.4. The largest absolute Gasteiger partial charge is 0.381 e. The molecule has 3 aliphatic rings. The fourth-order valence-corrected chi connectivity index (χ4v) is 5.07. The van der Waals surface area contributed by atoms with Crippen LogP contribution < -0.4 is 4.90 Å². The van der Waals surface area contributed by atoms with Crippen LogP contribution in [0.5, 0.6) is 0 Å². The highest BCUT2D eigenvalue weighted by Crippen LogP contribution is 2.47. The highest BCUT2D eigenvalue weighted by Gasteiger charge is 2.45. The van der Waals surface area contributed by atoms with E-state index in [-0.39, 0.29) is 11.3 Å². The maximum absolute atomic E-state index is 12.7. The standard InChI is InChI=1S/C22H26N4O2/c27-21(19-13-23-8-9-24-19)25-10-6-22(7-11-25)16-26(14-17-5-12-28-15-17)20-4-2-1-3-18(20)22/h1-4,8-9,13,17H,5-7,10-12,14-16H2. The molecule has 0 saturated carbocycles. The zero-order valence-corrected chi connectivity index (χ0v) is 16.1. The van der Waals surface area contributed by atoms with Gasteiger partial charge in [-0.2, -0.15) is 0 Å². The number of amides is 1. The zero-order valence-electron chi connectivity index (χ0n) is 16.1. The number of hydrogen-bond acceptors (Lipinski definition) is 5. The zero-order chi connectivity index (χ0) is 19.0. The molecule has 1 spiro atoms. The fourth-order valence-electron chi connectivity index (χ4n) is 5.07. The Morgan fingerprint density at radius 3 is 2.82 bits per heavy atom. The van der Waals surface area contributed by atoms with Crippen LogP contribution in [0.3, 0.4) is 0 Å². The van der Waals surface area contributed by atoms with Gasteiger partial charge in [-0.15, -0.1) is 0 Å². The molecule has 3 aliphatic heterocycles. The van der Waals surface area contributed by atoms with Crippen molar-refractivity contribution in [1.82, 2.24) is 14.9 Å². The van der Waals surface area contributed by atoms with Crippen LogP contribution >= 0.6 is 0 Å². The average molecular weight is 378 g/mol. The van der Waals surface area contributed by atoms with Gasteiger partial charge in [-0.1, -0.05) is 18.2 Å². The molecule has 0 bridgehead atoms. The summed E-state index contributed by atoms with van der Waals surface area (Å²) in [5, 5.41) is 0. The number of fused-ring (bicyclic) bond motifs is 2. The van der Waals surface area contributed by atoms with Crippen molar-refractivity contribution in [1.29, 1.82) is 0 Å². The molecule has 1 atom stereocenters. The topological polar surface area (TPSA) is 58.6 Å². The smallest absolute Gasteiger partial charge is 0.274 e. The Bertz CT molecular complexity index is 843. The molecule has 4 heterocycles. The van der Waals surface area contributed by atoms with E-state index in [1.165, 1.54) is 11.3 Å². The van der Waals surface area contributed by atoms with E-state index in [0.717, 1.165) is 58.7 Å². The van der Waals surface area contributed by atoms with Gasteiger partial charge in [0.2, 0.25) is 0 Å². The quantitative estimate of drug-likeness (QED) is 0.821. The Morgan fingerprint density at radius 1 is 1.21 bits per heavy atom. The highest BCUT2D eigenvalue weighted by atomic mass is 16.5. The van der Waals surface area contributed by atoms with Crippen LogP contribution in [0.2, 0.25) is 0 Å². The van der Waals surface area contributed by atoms with E-state index in [1.54, 1.807) is 18.6 Å². The number of carbonyl (C=O) groups excluding carboxylic acids is 1. The first-order valence-electron chi connectivity index (χ1n) is 10.2. The number of carbonyl (C=O) groups is 1. The molecule has 2 saturated heterocycles. The average Bonchev–Trinajstić information content (AvgIpc) is 3.37. The Balaban J connectivity index is 1.33. The van der Waals surface area contributed by atoms with Crippen LogP contribution in [0, 0.1) is 5.92 Å². The van der Waals surface area contributed by atoms with Crippen molar-refractivity contribution in [3.05, 3.63) is 54.1 Å². The van der Waals surface area contributed by atoms with Crippen LogP contribution in [0.25, 0.3) is 0 Å². The molecular formula is C22H26N4O2. The summed E-state index contributed by atoms with van der Waals surface area (Å²) in [6.45, 7) is 5.43. The predicted octanol–water partition coefficient (Wildman–Crippen LogP) is 2.51. The second kappa shape index (κ2) is 7.17. The van der Waals surface area contributed by atoms with Crippen molar-refractivity contribution in [2.75, 3.05) is 44.3 Å². The lowest BCUT2D eigenvalue weighted by Gasteiger charge is -2.40. The molecule has 2 fully saturated rings. The minimum Gasteiger partial charge on any atom is -0.381 e. The molecule has 146 valence electrons. The summed E-state index contributed by atoms with van der Waals surface area (Å²) in [7, 11) is 0. The first-order chi connectivity index (χ1) is 13.8. The number of nitrogens with zero attached hydrogens (tertiary/aromatic N) is 4. The summed E-state index contributed by atoms with van der Waals surface area (Å²) in [5.41, 5.74) is 3.42. The van der Waals surface area contributed by atoms with Gasteiger partial charge in [-0.25, -0.2) is 4.98 Å². The first-order valence-corrected chi connectivity index (χ1v) is 10.2. The van der Waals surface area contributed by atoms with Gasteiger partial charge in [0.25, 0.3) is 5.91 Å². The molecule has 0 N–H and O–H groups in total. The van der Waals surface area contributed by atoms with E-state index in [2.05, 4.69) is 39.1 Å². The van der Waals surface area contributed by atoms with E-state index in [1.807, 2.05) is 4.90 Å².